The summed E-state index contributed by atoms with van der Waals surface area (Å²) in [5.74, 6) is -0.112. The Labute approximate surface area is 120 Å². The van der Waals surface area contributed by atoms with E-state index in [1.54, 1.807) is 6.07 Å². The van der Waals surface area contributed by atoms with Crippen LogP contribution < -0.4 is 11.1 Å². The van der Waals surface area contributed by atoms with Gasteiger partial charge in [-0.2, -0.15) is 0 Å². The number of hydrogen-bond acceptors (Lipinski definition) is 3. The zero-order valence-corrected chi connectivity index (χ0v) is 12.1. The fraction of sp³-hybridized carbons (Fsp3) is 0.562. The average molecular weight is 276 g/mol. The molecule has 0 unspecified atom stereocenters. The van der Waals surface area contributed by atoms with Gasteiger partial charge < -0.3 is 16.2 Å². The molecule has 4 N–H and O–H groups in total. The van der Waals surface area contributed by atoms with Crippen molar-refractivity contribution in [3.63, 3.8) is 0 Å². The molecule has 1 aliphatic carbocycles. The number of nitrogen functional groups attached to an aromatic ring is 1. The standard InChI is InChI=1S/C16H24N2O2/c1-12-7-13(9-14(17)8-12)15(20)18-10-16(11-19)5-3-2-4-6-16/h7-9,19H,2-6,10-11,17H2,1H3,(H,18,20). The van der Waals surface area contributed by atoms with Crippen LogP contribution in [0, 0.1) is 12.3 Å². The van der Waals surface area contributed by atoms with Crippen molar-refractivity contribution in [2.24, 2.45) is 5.41 Å². The van der Waals surface area contributed by atoms with Gasteiger partial charge in [0.25, 0.3) is 5.91 Å². The number of carbonyl (C=O) groups excluding carboxylic acids is 1. The molecular weight excluding hydrogens is 252 g/mol. The van der Waals surface area contributed by atoms with Crippen molar-refractivity contribution < 1.29 is 9.90 Å². The summed E-state index contributed by atoms with van der Waals surface area (Å²) in [5, 5.41) is 12.6. The summed E-state index contributed by atoms with van der Waals surface area (Å²) in [5.41, 5.74) is 7.80. The third-order valence-corrected chi connectivity index (χ3v) is 4.24. The van der Waals surface area contributed by atoms with E-state index in [0.717, 1.165) is 31.2 Å². The molecule has 0 spiro atoms. The third kappa shape index (κ3) is 3.51. The normalized spacial score (nSPS) is 17.7. The Morgan fingerprint density at radius 1 is 1.30 bits per heavy atom. The summed E-state index contributed by atoms with van der Waals surface area (Å²) >= 11 is 0. The van der Waals surface area contributed by atoms with Crippen molar-refractivity contribution in [1.82, 2.24) is 5.32 Å². The maximum absolute atomic E-state index is 12.2. The molecule has 1 aromatic rings. The van der Waals surface area contributed by atoms with Gasteiger partial charge in [0.1, 0.15) is 0 Å². The molecule has 4 heteroatoms. The molecule has 0 aliphatic heterocycles. The first-order chi connectivity index (χ1) is 9.54. The number of nitrogens with one attached hydrogen (secondary N) is 1. The largest absolute Gasteiger partial charge is 0.399 e. The molecule has 1 saturated carbocycles. The van der Waals surface area contributed by atoms with E-state index in [0.29, 0.717) is 17.8 Å². The number of aliphatic hydroxyl groups excluding tert-OH is 1. The highest BCUT2D eigenvalue weighted by atomic mass is 16.3. The summed E-state index contributed by atoms with van der Waals surface area (Å²) in [7, 11) is 0. The molecule has 0 radical (unpaired) electrons. The van der Waals surface area contributed by atoms with Crippen LogP contribution in [0.3, 0.4) is 0 Å². The molecule has 1 aliphatic rings. The minimum Gasteiger partial charge on any atom is -0.399 e. The van der Waals surface area contributed by atoms with Crippen LogP contribution in [0.15, 0.2) is 18.2 Å². The fourth-order valence-corrected chi connectivity index (χ4v) is 3.01. The number of nitrogens with two attached hydrogens (primary N) is 1. The topological polar surface area (TPSA) is 75.4 Å². The second-order valence-electron chi connectivity index (χ2n) is 6.03. The van der Waals surface area contributed by atoms with E-state index in [1.807, 2.05) is 19.1 Å². The lowest BCUT2D eigenvalue weighted by Crippen LogP contribution is -2.41. The molecule has 0 heterocycles. The molecule has 4 nitrogen and oxygen atoms in total. The fourth-order valence-electron chi connectivity index (χ4n) is 3.01. The number of rotatable bonds is 4. The SMILES string of the molecule is Cc1cc(N)cc(C(=O)NCC2(CO)CCCCC2)c1. The summed E-state index contributed by atoms with van der Waals surface area (Å²) < 4.78 is 0. The Kier molecular flexibility index (Phi) is 4.65. The summed E-state index contributed by atoms with van der Waals surface area (Å²) in [6, 6.07) is 5.36. The summed E-state index contributed by atoms with van der Waals surface area (Å²) in [6.45, 7) is 2.60. The molecule has 110 valence electrons. The number of hydrogen-bond donors (Lipinski definition) is 3. The van der Waals surface area contributed by atoms with Crippen molar-refractivity contribution in [1.29, 1.82) is 0 Å². The molecule has 1 amide bonds. The molecule has 1 aromatic carbocycles. The van der Waals surface area contributed by atoms with Crippen LogP contribution in [-0.2, 0) is 0 Å². The lowest BCUT2D eigenvalue weighted by Gasteiger charge is -2.35. The van der Waals surface area contributed by atoms with Gasteiger partial charge in [-0.05, 0) is 43.5 Å². The maximum Gasteiger partial charge on any atom is 0.251 e. The molecule has 0 bridgehead atoms. The highest BCUT2D eigenvalue weighted by Crippen LogP contribution is 2.35. The number of benzene rings is 1. The minimum atomic E-state index is -0.136. The zero-order chi connectivity index (χ0) is 14.6. The number of aliphatic hydroxyl groups is 1. The van der Waals surface area contributed by atoms with E-state index in [4.69, 9.17) is 5.73 Å². The van der Waals surface area contributed by atoms with Gasteiger partial charge in [-0.3, -0.25) is 4.79 Å². The van der Waals surface area contributed by atoms with E-state index in [1.165, 1.54) is 6.42 Å². The van der Waals surface area contributed by atoms with Crippen LogP contribution in [0.2, 0.25) is 0 Å². The van der Waals surface area contributed by atoms with Gasteiger partial charge in [0.05, 0.1) is 6.61 Å². The van der Waals surface area contributed by atoms with Crippen molar-refractivity contribution in [3.8, 4) is 0 Å². The Balaban J connectivity index is 2.00. The van der Waals surface area contributed by atoms with Crippen LogP contribution in [0.25, 0.3) is 0 Å². The molecule has 0 aromatic heterocycles. The van der Waals surface area contributed by atoms with Gasteiger partial charge in [0.15, 0.2) is 0 Å². The van der Waals surface area contributed by atoms with Crippen molar-refractivity contribution in [3.05, 3.63) is 29.3 Å². The van der Waals surface area contributed by atoms with Crippen LogP contribution >= 0.6 is 0 Å². The zero-order valence-electron chi connectivity index (χ0n) is 12.1. The molecule has 0 atom stereocenters. The minimum absolute atomic E-state index is 0.112. The molecule has 20 heavy (non-hydrogen) atoms. The Morgan fingerprint density at radius 2 is 2.00 bits per heavy atom. The van der Waals surface area contributed by atoms with Crippen LogP contribution in [0.4, 0.5) is 5.69 Å². The quantitative estimate of drug-likeness (QED) is 0.738. The van der Waals surface area contributed by atoms with Gasteiger partial charge in [-0.25, -0.2) is 0 Å². The van der Waals surface area contributed by atoms with Crippen molar-refractivity contribution in [2.75, 3.05) is 18.9 Å². The summed E-state index contributed by atoms with van der Waals surface area (Å²) in [6.07, 6.45) is 5.46. The van der Waals surface area contributed by atoms with Gasteiger partial charge in [-0.1, -0.05) is 19.3 Å². The first kappa shape index (κ1) is 14.9. The third-order valence-electron chi connectivity index (χ3n) is 4.24. The maximum atomic E-state index is 12.2. The molecule has 1 fully saturated rings. The Hall–Kier alpha value is -1.55. The second kappa shape index (κ2) is 6.27. The number of anilines is 1. The van der Waals surface area contributed by atoms with E-state index in [9.17, 15) is 9.90 Å². The highest BCUT2D eigenvalue weighted by molar-refractivity contribution is 5.95. The van der Waals surface area contributed by atoms with E-state index in [2.05, 4.69) is 5.32 Å². The second-order valence-corrected chi connectivity index (χ2v) is 6.03. The summed E-state index contributed by atoms with van der Waals surface area (Å²) in [4.78, 5) is 12.2. The highest BCUT2D eigenvalue weighted by Gasteiger charge is 2.31. The van der Waals surface area contributed by atoms with E-state index < -0.39 is 0 Å². The predicted molar refractivity (Wildman–Crippen MR) is 80.5 cm³/mol. The first-order valence-electron chi connectivity index (χ1n) is 7.31. The van der Waals surface area contributed by atoms with Crippen LogP contribution in [0.5, 0.6) is 0 Å². The average Bonchev–Trinajstić information content (AvgIpc) is 2.45. The first-order valence-corrected chi connectivity index (χ1v) is 7.31. The lowest BCUT2D eigenvalue weighted by atomic mass is 9.74. The number of aryl methyl sites for hydroxylation is 1. The van der Waals surface area contributed by atoms with Gasteiger partial charge in [-0.15, -0.1) is 0 Å². The lowest BCUT2D eigenvalue weighted by molar-refractivity contribution is 0.0718. The monoisotopic (exact) mass is 276 g/mol. The van der Waals surface area contributed by atoms with Crippen LogP contribution in [-0.4, -0.2) is 24.2 Å². The number of amides is 1. The van der Waals surface area contributed by atoms with E-state index in [-0.39, 0.29) is 17.9 Å². The van der Waals surface area contributed by atoms with Crippen molar-refractivity contribution >= 4 is 11.6 Å². The predicted octanol–water partition coefficient (Wildman–Crippen LogP) is 2.25. The Bertz CT molecular complexity index is 459. The van der Waals surface area contributed by atoms with Crippen LogP contribution in [0.1, 0.15) is 48.0 Å². The smallest absolute Gasteiger partial charge is 0.251 e. The van der Waals surface area contributed by atoms with Gasteiger partial charge in [0.2, 0.25) is 0 Å². The number of carbonyl (C=O) groups is 1. The Morgan fingerprint density at radius 3 is 2.60 bits per heavy atom. The molecule has 0 saturated heterocycles. The molecule has 2 rings (SSSR count). The van der Waals surface area contributed by atoms with Gasteiger partial charge in [0, 0.05) is 23.2 Å². The van der Waals surface area contributed by atoms with E-state index >= 15 is 0 Å². The van der Waals surface area contributed by atoms with Crippen molar-refractivity contribution in [2.45, 2.75) is 39.0 Å². The van der Waals surface area contributed by atoms with Gasteiger partial charge >= 0.3 is 0 Å². The molecular formula is C16H24N2O2.